The van der Waals surface area contributed by atoms with Crippen LogP contribution in [0.1, 0.15) is 39.4 Å². The third-order valence-corrected chi connectivity index (χ3v) is 3.78. The third kappa shape index (κ3) is 4.69. The van der Waals surface area contributed by atoms with Crippen LogP contribution in [-0.4, -0.2) is 44.3 Å². The molecule has 0 aliphatic carbocycles. The Kier molecular flexibility index (Phi) is 6.21. The van der Waals surface area contributed by atoms with Gasteiger partial charge in [-0.25, -0.2) is 4.79 Å². The van der Waals surface area contributed by atoms with Gasteiger partial charge in [-0.05, 0) is 45.4 Å². The predicted molar refractivity (Wildman–Crippen MR) is 87.8 cm³/mol. The van der Waals surface area contributed by atoms with E-state index < -0.39 is 24.0 Å². The summed E-state index contributed by atoms with van der Waals surface area (Å²) in [5, 5.41) is 0. The highest BCUT2D eigenvalue weighted by Crippen LogP contribution is 2.34. The number of carbonyl (C=O) groups excluding carboxylic acids is 1. The summed E-state index contributed by atoms with van der Waals surface area (Å²) in [4.78, 5) is 11.9. The molecular weight excluding hydrogens is 312 g/mol. The molecule has 24 heavy (non-hydrogen) atoms. The molecule has 1 fully saturated rings. The number of hydrogen-bond donors (Lipinski definition) is 0. The number of hydrogen-bond acceptors (Lipinski definition) is 6. The molecule has 0 bridgehead atoms. The summed E-state index contributed by atoms with van der Waals surface area (Å²) >= 11 is 0. The smallest absolute Gasteiger partial charge is 0.334 e. The van der Waals surface area contributed by atoms with Crippen LogP contribution in [0.4, 0.5) is 0 Å². The maximum absolute atomic E-state index is 11.9. The Morgan fingerprint density at radius 1 is 1.33 bits per heavy atom. The first kappa shape index (κ1) is 18.7. The molecule has 0 amide bonds. The minimum absolute atomic E-state index is 0.315. The summed E-state index contributed by atoms with van der Waals surface area (Å²) in [6.07, 6.45) is -1.47. The normalized spacial score (nSPS) is 22.0. The minimum atomic E-state index is -0.704. The summed E-state index contributed by atoms with van der Waals surface area (Å²) in [5.74, 6) is -0.319. The first-order valence-electron chi connectivity index (χ1n) is 8.14. The van der Waals surface area contributed by atoms with Gasteiger partial charge in [0.25, 0.3) is 0 Å². The van der Waals surface area contributed by atoms with Crippen molar-refractivity contribution >= 4 is 5.97 Å². The van der Waals surface area contributed by atoms with Crippen molar-refractivity contribution < 1.29 is 28.5 Å². The van der Waals surface area contributed by atoms with E-state index in [-0.39, 0.29) is 6.10 Å². The summed E-state index contributed by atoms with van der Waals surface area (Å²) in [5.41, 5.74) is 0.887. The molecule has 6 nitrogen and oxygen atoms in total. The SMILES string of the molecule is CCOC(=O)[C@H](C)O[C@H](c1ccc(OC)cc1)[C@H]1COC(C)(C)O1. The van der Waals surface area contributed by atoms with Gasteiger partial charge in [0.2, 0.25) is 0 Å². The molecule has 1 aliphatic heterocycles. The lowest BCUT2D eigenvalue weighted by Gasteiger charge is -2.27. The lowest BCUT2D eigenvalue weighted by atomic mass is 10.0. The van der Waals surface area contributed by atoms with E-state index in [2.05, 4.69) is 0 Å². The van der Waals surface area contributed by atoms with Gasteiger partial charge in [-0.1, -0.05) is 12.1 Å². The molecule has 2 rings (SSSR count). The fourth-order valence-electron chi connectivity index (χ4n) is 2.57. The zero-order chi connectivity index (χ0) is 17.7. The minimum Gasteiger partial charge on any atom is -0.497 e. The van der Waals surface area contributed by atoms with Crippen molar-refractivity contribution in [1.82, 2.24) is 0 Å². The van der Waals surface area contributed by atoms with E-state index in [1.54, 1.807) is 21.0 Å². The number of benzene rings is 1. The van der Waals surface area contributed by atoms with Crippen molar-refractivity contribution in [3.05, 3.63) is 29.8 Å². The van der Waals surface area contributed by atoms with Crippen molar-refractivity contribution in [3.8, 4) is 5.75 Å². The summed E-state index contributed by atoms with van der Waals surface area (Å²) in [7, 11) is 1.61. The van der Waals surface area contributed by atoms with E-state index in [4.69, 9.17) is 23.7 Å². The van der Waals surface area contributed by atoms with Crippen LogP contribution in [0.25, 0.3) is 0 Å². The summed E-state index contributed by atoms with van der Waals surface area (Å²) < 4.78 is 27.8. The number of methoxy groups -OCH3 is 1. The Morgan fingerprint density at radius 3 is 2.50 bits per heavy atom. The van der Waals surface area contributed by atoms with Gasteiger partial charge < -0.3 is 23.7 Å². The molecular formula is C18H26O6. The molecule has 0 radical (unpaired) electrons. The second-order valence-electron chi connectivity index (χ2n) is 6.09. The second-order valence-corrected chi connectivity index (χ2v) is 6.09. The van der Waals surface area contributed by atoms with Gasteiger partial charge in [0.05, 0.1) is 20.3 Å². The van der Waals surface area contributed by atoms with Gasteiger partial charge in [0, 0.05) is 0 Å². The molecule has 0 unspecified atom stereocenters. The van der Waals surface area contributed by atoms with Crippen LogP contribution >= 0.6 is 0 Å². The average molecular weight is 338 g/mol. The molecule has 1 saturated heterocycles. The molecule has 6 heteroatoms. The van der Waals surface area contributed by atoms with Gasteiger partial charge in [-0.2, -0.15) is 0 Å². The molecule has 134 valence electrons. The fraction of sp³-hybridized carbons (Fsp3) is 0.611. The van der Waals surface area contributed by atoms with Crippen molar-refractivity contribution in [2.24, 2.45) is 0 Å². The van der Waals surface area contributed by atoms with Crippen molar-refractivity contribution in [2.45, 2.75) is 51.8 Å². The molecule has 0 aromatic heterocycles. The third-order valence-electron chi connectivity index (χ3n) is 3.78. The highest BCUT2D eigenvalue weighted by Gasteiger charge is 2.40. The number of rotatable bonds is 7. The Balaban J connectivity index is 2.19. The zero-order valence-electron chi connectivity index (χ0n) is 14.9. The van der Waals surface area contributed by atoms with E-state index in [1.807, 2.05) is 38.1 Å². The van der Waals surface area contributed by atoms with Crippen LogP contribution in [0.15, 0.2) is 24.3 Å². The van der Waals surface area contributed by atoms with Crippen LogP contribution in [0.5, 0.6) is 5.75 Å². The van der Waals surface area contributed by atoms with Gasteiger partial charge >= 0.3 is 5.97 Å². The first-order chi connectivity index (χ1) is 11.4. The molecule has 3 atom stereocenters. The number of ether oxygens (including phenoxy) is 5. The fourth-order valence-corrected chi connectivity index (χ4v) is 2.57. The van der Waals surface area contributed by atoms with Gasteiger partial charge in [0.15, 0.2) is 11.9 Å². The Morgan fingerprint density at radius 2 is 2.00 bits per heavy atom. The van der Waals surface area contributed by atoms with Crippen LogP contribution in [0.2, 0.25) is 0 Å². The maximum atomic E-state index is 11.9. The monoisotopic (exact) mass is 338 g/mol. The number of esters is 1. The summed E-state index contributed by atoms with van der Waals surface area (Å²) in [6.45, 7) is 7.85. The topological polar surface area (TPSA) is 63.2 Å². The van der Waals surface area contributed by atoms with E-state index in [0.29, 0.717) is 13.2 Å². The van der Waals surface area contributed by atoms with E-state index >= 15 is 0 Å². The molecule has 0 spiro atoms. The first-order valence-corrected chi connectivity index (χ1v) is 8.14. The molecule has 1 aliphatic rings. The van der Waals surface area contributed by atoms with Crippen molar-refractivity contribution in [3.63, 3.8) is 0 Å². The molecule has 0 saturated carbocycles. The van der Waals surface area contributed by atoms with Crippen LogP contribution in [-0.2, 0) is 23.7 Å². The standard InChI is InChI=1S/C18H26O6/c1-6-21-17(19)12(2)23-16(15-11-22-18(3,4)24-15)13-7-9-14(20-5)10-8-13/h7-10,12,15-16H,6,11H2,1-5H3/t12-,15+,16+/m0/s1. The summed E-state index contributed by atoms with van der Waals surface area (Å²) in [6, 6.07) is 7.50. The Bertz CT molecular complexity index is 539. The Hall–Kier alpha value is -1.63. The van der Waals surface area contributed by atoms with Gasteiger partial charge in [0.1, 0.15) is 18.0 Å². The zero-order valence-corrected chi connectivity index (χ0v) is 14.9. The lowest BCUT2D eigenvalue weighted by molar-refractivity contribution is -0.176. The van der Waals surface area contributed by atoms with Crippen LogP contribution in [0.3, 0.4) is 0 Å². The van der Waals surface area contributed by atoms with Gasteiger partial charge in [-0.3, -0.25) is 0 Å². The van der Waals surface area contributed by atoms with Crippen LogP contribution in [0, 0.1) is 0 Å². The van der Waals surface area contributed by atoms with Crippen molar-refractivity contribution in [1.29, 1.82) is 0 Å². The number of carbonyl (C=O) groups is 1. The highest BCUT2D eigenvalue weighted by atomic mass is 16.7. The largest absolute Gasteiger partial charge is 0.497 e. The molecule has 1 aromatic carbocycles. The van der Waals surface area contributed by atoms with Gasteiger partial charge in [-0.15, -0.1) is 0 Å². The van der Waals surface area contributed by atoms with E-state index in [0.717, 1.165) is 11.3 Å². The molecule has 1 heterocycles. The molecule has 1 aromatic rings. The van der Waals surface area contributed by atoms with Crippen molar-refractivity contribution in [2.75, 3.05) is 20.3 Å². The Labute approximate surface area is 143 Å². The van der Waals surface area contributed by atoms with E-state index in [9.17, 15) is 4.79 Å². The lowest BCUT2D eigenvalue weighted by Crippen LogP contribution is -2.32. The predicted octanol–water partition coefficient (Wildman–Crippen LogP) is 2.86. The average Bonchev–Trinajstić information content (AvgIpc) is 2.92. The maximum Gasteiger partial charge on any atom is 0.334 e. The molecule has 0 N–H and O–H groups in total. The second kappa shape index (κ2) is 7.96. The quantitative estimate of drug-likeness (QED) is 0.713. The van der Waals surface area contributed by atoms with E-state index in [1.165, 1.54) is 0 Å². The highest BCUT2D eigenvalue weighted by molar-refractivity contribution is 5.74. The van der Waals surface area contributed by atoms with Crippen LogP contribution < -0.4 is 4.74 Å².